The molecule has 2 fully saturated rings. The van der Waals surface area contributed by atoms with Crippen LogP contribution in [-0.2, 0) is 9.59 Å². The van der Waals surface area contributed by atoms with Gasteiger partial charge in [-0.3, -0.25) is 4.79 Å². The van der Waals surface area contributed by atoms with Crippen LogP contribution in [0.25, 0.3) is 0 Å². The van der Waals surface area contributed by atoms with Crippen molar-refractivity contribution in [1.29, 1.82) is 0 Å². The number of nitrogens with two attached hydrogens (primary N) is 1. The van der Waals surface area contributed by atoms with Crippen LogP contribution in [0, 0.1) is 0 Å². The summed E-state index contributed by atoms with van der Waals surface area (Å²) in [5, 5.41) is 9.16. The van der Waals surface area contributed by atoms with Gasteiger partial charge < -0.3 is 15.7 Å². The summed E-state index contributed by atoms with van der Waals surface area (Å²) < 4.78 is 0. The van der Waals surface area contributed by atoms with Gasteiger partial charge in [-0.1, -0.05) is 12.8 Å². The van der Waals surface area contributed by atoms with Gasteiger partial charge >= 0.3 is 5.97 Å². The van der Waals surface area contributed by atoms with E-state index >= 15 is 0 Å². The van der Waals surface area contributed by atoms with Crippen molar-refractivity contribution in [3.8, 4) is 0 Å². The molecule has 1 heterocycles. The molecule has 3 N–H and O–H groups in total. The molecule has 1 amide bonds. The fraction of sp³-hybridized carbons (Fsp3) is 0.846. The van der Waals surface area contributed by atoms with E-state index in [4.69, 9.17) is 10.8 Å². The summed E-state index contributed by atoms with van der Waals surface area (Å²) in [6.45, 7) is 0.561. The fourth-order valence-electron chi connectivity index (χ4n) is 3.15. The Labute approximate surface area is 107 Å². The first-order chi connectivity index (χ1) is 8.52. The number of piperidine rings is 1. The molecule has 1 unspecified atom stereocenters. The smallest absolute Gasteiger partial charge is 0.326 e. The van der Waals surface area contributed by atoms with Gasteiger partial charge in [0.25, 0.3) is 0 Å². The molecule has 0 aromatic rings. The second-order valence-electron chi connectivity index (χ2n) is 5.68. The zero-order chi connectivity index (χ0) is 13.2. The molecule has 18 heavy (non-hydrogen) atoms. The lowest BCUT2D eigenvalue weighted by molar-refractivity contribution is -0.152. The van der Waals surface area contributed by atoms with Crippen LogP contribution in [0.15, 0.2) is 0 Å². The van der Waals surface area contributed by atoms with Gasteiger partial charge in [-0.05, 0) is 32.1 Å². The number of hydrogen-bond acceptors (Lipinski definition) is 3. The maximum Gasteiger partial charge on any atom is 0.326 e. The fourth-order valence-corrected chi connectivity index (χ4v) is 3.15. The second kappa shape index (κ2) is 5.26. The number of hydrogen-bond donors (Lipinski definition) is 2. The van der Waals surface area contributed by atoms with Gasteiger partial charge in [-0.2, -0.15) is 0 Å². The molecule has 0 radical (unpaired) electrons. The number of rotatable bonds is 3. The van der Waals surface area contributed by atoms with E-state index in [1.54, 1.807) is 0 Å². The van der Waals surface area contributed by atoms with Crippen molar-refractivity contribution in [2.45, 2.75) is 62.9 Å². The summed E-state index contributed by atoms with van der Waals surface area (Å²) in [6, 6.07) is -0.642. The number of carboxylic acids is 1. The summed E-state index contributed by atoms with van der Waals surface area (Å²) in [5.41, 5.74) is 5.80. The SMILES string of the molecule is NC1(CC(=O)N2CCCCC2C(=O)O)CCCC1. The molecule has 1 atom stereocenters. The highest BCUT2D eigenvalue weighted by Gasteiger charge is 2.37. The number of nitrogens with zero attached hydrogens (tertiary/aromatic N) is 1. The minimum absolute atomic E-state index is 0.0773. The van der Waals surface area contributed by atoms with E-state index in [0.29, 0.717) is 19.4 Å². The van der Waals surface area contributed by atoms with Crippen molar-refractivity contribution in [2.75, 3.05) is 6.54 Å². The zero-order valence-electron chi connectivity index (χ0n) is 10.7. The van der Waals surface area contributed by atoms with Crippen LogP contribution >= 0.6 is 0 Å². The first-order valence-corrected chi connectivity index (χ1v) is 6.83. The average molecular weight is 254 g/mol. The van der Waals surface area contributed by atoms with Gasteiger partial charge in [0, 0.05) is 18.5 Å². The molecule has 1 saturated carbocycles. The van der Waals surface area contributed by atoms with Crippen molar-refractivity contribution in [3.63, 3.8) is 0 Å². The highest BCUT2D eigenvalue weighted by atomic mass is 16.4. The number of aliphatic carboxylic acids is 1. The van der Waals surface area contributed by atoms with Gasteiger partial charge in [0.15, 0.2) is 0 Å². The van der Waals surface area contributed by atoms with Crippen LogP contribution in [0.2, 0.25) is 0 Å². The summed E-state index contributed by atoms with van der Waals surface area (Å²) in [6.07, 6.45) is 6.56. The predicted molar refractivity (Wildman–Crippen MR) is 67.0 cm³/mol. The largest absolute Gasteiger partial charge is 0.480 e. The van der Waals surface area contributed by atoms with Crippen molar-refractivity contribution in [1.82, 2.24) is 4.90 Å². The van der Waals surface area contributed by atoms with Gasteiger partial charge in [0.2, 0.25) is 5.91 Å². The Bertz CT molecular complexity index is 337. The van der Waals surface area contributed by atoms with Gasteiger partial charge in [0.1, 0.15) is 6.04 Å². The summed E-state index contributed by atoms with van der Waals surface area (Å²) >= 11 is 0. The minimum Gasteiger partial charge on any atom is -0.480 e. The number of carboxylic acid groups (broad SMARTS) is 1. The first kappa shape index (κ1) is 13.3. The number of carbonyl (C=O) groups is 2. The molecular weight excluding hydrogens is 232 g/mol. The molecule has 102 valence electrons. The summed E-state index contributed by atoms with van der Waals surface area (Å²) in [4.78, 5) is 24.9. The Morgan fingerprint density at radius 3 is 2.50 bits per heavy atom. The van der Waals surface area contributed by atoms with E-state index in [0.717, 1.165) is 38.5 Å². The van der Waals surface area contributed by atoms with Crippen LogP contribution in [0.3, 0.4) is 0 Å². The molecule has 1 saturated heterocycles. The first-order valence-electron chi connectivity index (χ1n) is 6.83. The molecule has 5 heteroatoms. The Hall–Kier alpha value is -1.10. The second-order valence-corrected chi connectivity index (χ2v) is 5.68. The Balaban J connectivity index is 2.00. The van der Waals surface area contributed by atoms with Crippen molar-refractivity contribution in [3.05, 3.63) is 0 Å². The molecule has 0 aromatic carbocycles. The molecule has 1 aliphatic heterocycles. The molecular formula is C13H22N2O3. The standard InChI is InChI=1S/C13H22N2O3/c14-13(6-2-3-7-13)9-11(16)15-8-4-1-5-10(15)12(17)18/h10H,1-9,14H2,(H,17,18). The average Bonchev–Trinajstić information content (AvgIpc) is 2.75. The third-order valence-electron chi connectivity index (χ3n) is 4.21. The van der Waals surface area contributed by atoms with Crippen LogP contribution < -0.4 is 5.73 Å². The van der Waals surface area contributed by atoms with Crippen LogP contribution in [0.1, 0.15) is 51.4 Å². The molecule has 1 aliphatic carbocycles. The van der Waals surface area contributed by atoms with Crippen LogP contribution in [-0.4, -0.2) is 40.0 Å². The monoisotopic (exact) mass is 254 g/mol. The molecule has 0 bridgehead atoms. The number of likely N-dealkylation sites (tertiary alicyclic amines) is 1. The third-order valence-corrected chi connectivity index (χ3v) is 4.21. The normalized spacial score (nSPS) is 27.2. The quantitative estimate of drug-likeness (QED) is 0.790. The van der Waals surface area contributed by atoms with Gasteiger partial charge in [-0.15, -0.1) is 0 Å². The van der Waals surface area contributed by atoms with E-state index in [1.165, 1.54) is 4.90 Å². The van der Waals surface area contributed by atoms with Gasteiger partial charge in [0.05, 0.1) is 0 Å². The summed E-state index contributed by atoms with van der Waals surface area (Å²) in [5.74, 6) is -0.966. The minimum atomic E-state index is -0.888. The predicted octanol–water partition coefficient (Wildman–Crippen LogP) is 1.11. The highest BCUT2D eigenvalue weighted by Crippen LogP contribution is 2.31. The van der Waals surface area contributed by atoms with Crippen molar-refractivity contribution >= 4 is 11.9 Å². The van der Waals surface area contributed by atoms with Crippen molar-refractivity contribution < 1.29 is 14.7 Å². The van der Waals surface area contributed by atoms with E-state index < -0.39 is 17.6 Å². The molecule has 5 nitrogen and oxygen atoms in total. The number of carbonyl (C=O) groups excluding carboxylic acids is 1. The lowest BCUT2D eigenvalue weighted by Crippen LogP contribution is -2.51. The molecule has 2 rings (SSSR count). The van der Waals surface area contributed by atoms with Crippen molar-refractivity contribution in [2.24, 2.45) is 5.73 Å². The van der Waals surface area contributed by atoms with Gasteiger partial charge in [-0.25, -0.2) is 4.79 Å². The van der Waals surface area contributed by atoms with Crippen LogP contribution in [0.4, 0.5) is 0 Å². The maximum atomic E-state index is 12.3. The molecule has 2 aliphatic rings. The highest BCUT2D eigenvalue weighted by molar-refractivity contribution is 5.84. The van der Waals surface area contributed by atoms with E-state index in [-0.39, 0.29) is 5.91 Å². The number of amides is 1. The molecule has 0 spiro atoms. The Kier molecular flexibility index (Phi) is 3.90. The van der Waals surface area contributed by atoms with E-state index in [9.17, 15) is 9.59 Å². The maximum absolute atomic E-state index is 12.3. The Morgan fingerprint density at radius 2 is 1.89 bits per heavy atom. The summed E-state index contributed by atoms with van der Waals surface area (Å²) in [7, 11) is 0. The topological polar surface area (TPSA) is 83.6 Å². The Morgan fingerprint density at radius 1 is 1.22 bits per heavy atom. The molecule has 0 aromatic heterocycles. The van der Waals surface area contributed by atoms with Crippen LogP contribution in [0.5, 0.6) is 0 Å². The van der Waals surface area contributed by atoms with E-state index in [1.807, 2.05) is 0 Å². The lowest BCUT2D eigenvalue weighted by atomic mass is 9.92. The lowest BCUT2D eigenvalue weighted by Gasteiger charge is -2.35. The zero-order valence-corrected chi connectivity index (χ0v) is 10.7. The van der Waals surface area contributed by atoms with E-state index in [2.05, 4.69) is 0 Å². The third kappa shape index (κ3) is 2.83.